The minimum atomic E-state index is 1.03. The van der Waals surface area contributed by atoms with E-state index in [9.17, 15) is 0 Å². The van der Waals surface area contributed by atoms with Gasteiger partial charge in [0.15, 0.2) is 0 Å². The molecule has 16 heavy (non-hydrogen) atoms. The van der Waals surface area contributed by atoms with Gasteiger partial charge in [0.2, 0.25) is 0 Å². The van der Waals surface area contributed by atoms with Gasteiger partial charge < -0.3 is 0 Å². The number of benzene rings is 1. The summed E-state index contributed by atoms with van der Waals surface area (Å²) in [5.41, 5.74) is 7.10. The van der Waals surface area contributed by atoms with Crippen LogP contribution >= 0.6 is 0 Å². The maximum absolute atomic E-state index is 4.06. The van der Waals surface area contributed by atoms with Crippen LogP contribution in [0.5, 0.6) is 0 Å². The van der Waals surface area contributed by atoms with Crippen LogP contribution in [0.1, 0.15) is 31.9 Å². The summed E-state index contributed by atoms with van der Waals surface area (Å²) in [5, 5.41) is 0. The van der Waals surface area contributed by atoms with Crippen LogP contribution in [-0.4, -0.2) is 0 Å². The molecule has 0 spiro atoms. The Balaban J connectivity index is 3.13. The van der Waals surface area contributed by atoms with Crippen LogP contribution in [0, 0.1) is 6.92 Å². The fourth-order valence-electron chi connectivity index (χ4n) is 1.57. The molecule has 0 amide bonds. The first-order chi connectivity index (χ1) is 7.43. The molecular formula is C16H20. The normalized spacial score (nSPS) is 12.0. The van der Waals surface area contributed by atoms with Crippen molar-refractivity contribution < 1.29 is 0 Å². The lowest BCUT2D eigenvalue weighted by Crippen LogP contribution is -1.90. The van der Waals surface area contributed by atoms with Gasteiger partial charge >= 0.3 is 0 Å². The molecule has 0 heterocycles. The fourth-order valence-corrected chi connectivity index (χ4v) is 1.57. The molecule has 0 bridgehead atoms. The third kappa shape index (κ3) is 2.73. The molecule has 0 saturated carbocycles. The summed E-state index contributed by atoms with van der Waals surface area (Å²) in [6.07, 6.45) is 0. The largest absolute Gasteiger partial charge is 0.0955 e. The average molecular weight is 212 g/mol. The minimum absolute atomic E-state index is 1.03. The van der Waals surface area contributed by atoms with Crippen molar-refractivity contribution in [1.82, 2.24) is 0 Å². The predicted octanol–water partition coefficient (Wildman–Crippen LogP) is 4.92. The molecule has 0 radical (unpaired) electrons. The summed E-state index contributed by atoms with van der Waals surface area (Å²) in [7, 11) is 0. The van der Waals surface area contributed by atoms with Crippen LogP contribution in [0.4, 0.5) is 0 Å². The van der Waals surface area contributed by atoms with Crippen molar-refractivity contribution in [3.05, 3.63) is 65.3 Å². The number of hydrogen-bond acceptors (Lipinski definition) is 0. The van der Waals surface area contributed by atoms with Gasteiger partial charge in [-0.3, -0.25) is 0 Å². The molecule has 0 fully saturated rings. The van der Waals surface area contributed by atoms with E-state index in [-0.39, 0.29) is 0 Å². The summed E-state index contributed by atoms with van der Waals surface area (Å²) >= 11 is 0. The van der Waals surface area contributed by atoms with Gasteiger partial charge in [0.1, 0.15) is 0 Å². The number of hydrogen-bond donors (Lipinski definition) is 0. The SMILES string of the molecule is C=C(C)C(=C)C(C)=C(C)c1ccc(C)cc1. The van der Waals surface area contributed by atoms with Crippen LogP contribution in [0.2, 0.25) is 0 Å². The van der Waals surface area contributed by atoms with E-state index >= 15 is 0 Å². The van der Waals surface area contributed by atoms with Crippen molar-refractivity contribution in [1.29, 1.82) is 0 Å². The highest BCUT2D eigenvalue weighted by molar-refractivity contribution is 5.72. The Morgan fingerprint density at radius 3 is 1.88 bits per heavy atom. The molecular weight excluding hydrogens is 192 g/mol. The van der Waals surface area contributed by atoms with E-state index in [4.69, 9.17) is 0 Å². The standard InChI is InChI=1S/C16H20/c1-11(2)13(4)14(5)15(6)16-9-7-12(3)8-10-16/h7-10H,1,4H2,2-3,5-6H3. The lowest BCUT2D eigenvalue weighted by Gasteiger charge is -2.11. The zero-order valence-corrected chi connectivity index (χ0v) is 10.7. The zero-order chi connectivity index (χ0) is 12.3. The van der Waals surface area contributed by atoms with Crippen molar-refractivity contribution >= 4 is 5.57 Å². The van der Waals surface area contributed by atoms with Gasteiger partial charge in [-0.1, -0.05) is 48.6 Å². The Labute approximate surface area is 99.0 Å². The summed E-state index contributed by atoms with van der Waals surface area (Å²) in [5.74, 6) is 0. The third-order valence-electron chi connectivity index (χ3n) is 3.01. The highest BCUT2D eigenvalue weighted by atomic mass is 14.1. The molecule has 1 aromatic rings. The Bertz CT molecular complexity index is 441. The maximum Gasteiger partial charge on any atom is -0.0224 e. The summed E-state index contributed by atoms with van der Waals surface area (Å²) < 4.78 is 0. The molecule has 1 rings (SSSR count). The van der Waals surface area contributed by atoms with E-state index in [0.29, 0.717) is 0 Å². The molecule has 0 heteroatoms. The monoisotopic (exact) mass is 212 g/mol. The van der Waals surface area contributed by atoms with Gasteiger partial charge in [0.05, 0.1) is 0 Å². The maximum atomic E-state index is 4.06. The third-order valence-corrected chi connectivity index (χ3v) is 3.01. The van der Waals surface area contributed by atoms with E-state index in [1.165, 1.54) is 22.3 Å². The van der Waals surface area contributed by atoms with Crippen molar-refractivity contribution in [3.63, 3.8) is 0 Å². The second-order valence-electron chi connectivity index (χ2n) is 4.37. The van der Waals surface area contributed by atoms with Gasteiger partial charge in [0.25, 0.3) is 0 Å². The Kier molecular flexibility index (Phi) is 3.89. The molecule has 0 aliphatic heterocycles. The van der Waals surface area contributed by atoms with E-state index in [1.54, 1.807) is 0 Å². The number of aryl methyl sites for hydroxylation is 1. The Morgan fingerprint density at radius 2 is 1.44 bits per heavy atom. The summed E-state index contributed by atoms with van der Waals surface area (Å²) in [4.78, 5) is 0. The smallest absolute Gasteiger partial charge is 0.0224 e. The summed E-state index contributed by atoms with van der Waals surface area (Å²) in [6, 6.07) is 8.57. The highest BCUT2D eigenvalue weighted by Crippen LogP contribution is 2.25. The highest BCUT2D eigenvalue weighted by Gasteiger charge is 2.04. The fraction of sp³-hybridized carbons (Fsp3) is 0.250. The van der Waals surface area contributed by atoms with Gasteiger partial charge in [-0.25, -0.2) is 0 Å². The lowest BCUT2D eigenvalue weighted by atomic mass is 9.94. The molecule has 0 N–H and O–H groups in total. The van der Waals surface area contributed by atoms with Crippen molar-refractivity contribution in [2.45, 2.75) is 27.7 Å². The Morgan fingerprint density at radius 1 is 0.938 bits per heavy atom. The van der Waals surface area contributed by atoms with Crippen LogP contribution in [-0.2, 0) is 0 Å². The van der Waals surface area contributed by atoms with E-state index in [0.717, 1.165) is 11.1 Å². The van der Waals surface area contributed by atoms with E-state index in [1.807, 2.05) is 6.92 Å². The van der Waals surface area contributed by atoms with Gasteiger partial charge in [-0.15, -0.1) is 0 Å². The second kappa shape index (κ2) is 4.98. The van der Waals surface area contributed by atoms with Gasteiger partial charge in [-0.05, 0) is 50.0 Å². The van der Waals surface area contributed by atoms with Gasteiger partial charge in [-0.2, -0.15) is 0 Å². The van der Waals surface area contributed by atoms with E-state index < -0.39 is 0 Å². The number of rotatable bonds is 3. The molecule has 0 unspecified atom stereocenters. The van der Waals surface area contributed by atoms with Crippen LogP contribution in [0.3, 0.4) is 0 Å². The molecule has 0 aliphatic carbocycles. The first-order valence-corrected chi connectivity index (χ1v) is 5.53. The number of allylic oxidation sites excluding steroid dienone is 4. The van der Waals surface area contributed by atoms with E-state index in [2.05, 4.69) is 58.2 Å². The molecule has 0 saturated heterocycles. The second-order valence-corrected chi connectivity index (χ2v) is 4.37. The molecule has 0 atom stereocenters. The molecule has 84 valence electrons. The first-order valence-electron chi connectivity index (χ1n) is 5.53. The molecule has 0 aromatic heterocycles. The Hall–Kier alpha value is -1.56. The molecule has 1 aromatic carbocycles. The van der Waals surface area contributed by atoms with Crippen molar-refractivity contribution in [2.24, 2.45) is 0 Å². The topological polar surface area (TPSA) is 0 Å². The van der Waals surface area contributed by atoms with Crippen molar-refractivity contribution in [3.8, 4) is 0 Å². The minimum Gasteiger partial charge on any atom is -0.0955 e. The zero-order valence-electron chi connectivity index (χ0n) is 10.7. The molecule has 0 nitrogen and oxygen atoms in total. The quantitative estimate of drug-likeness (QED) is 0.624. The first kappa shape index (κ1) is 12.5. The van der Waals surface area contributed by atoms with Gasteiger partial charge in [0, 0.05) is 0 Å². The average Bonchev–Trinajstić information content (AvgIpc) is 2.27. The van der Waals surface area contributed by atoms with Crippen molar-refractivity contribution in [2.75, 3.05) is 0 Å². The van der Waals surface area contributed by atoms with Crippen LogP contribution in [0.15, 0.2) is 54.1 Å². The summed E-state index contributed by atoms with van der Waals surface area (Å²) in [6.45, 7) is 16.3. The van der Waals surface area contributed by atoms with Crippen LogP contribution in [0.25, 0.3) is 5.57 Å². The lowest BCUT2D eigenvalue weighted by molar-refractivity contribution is 1.33. The molecule has 0 aliphatic rings. The van der Waals surface area contributed by atoms with Crippen LogP contribution < -0.4 is 0 Å². The predicted molar refractivity (Wildman–Crippen MR) is 73.4 cm³/mol.